The Kier molecular flexibility index (Phi) is 5.19. The van der Waals surface area contributed by atoms with Crippen LogP contribution in [0.1, 0.15) is 33.1 Å². The first-order valence-corrected chi connectivity index (χ1v) is 7.31. The highest BCUT2D eigenvalue weighted by Gasteiger charge is 2.40. The van der Waals surface area contributed by atoms with Crippen molar-refractivity contribution in [3.05, 3.63) is 0 Å². The number of carbonyl (C=O) groups excluding carboxylic acids is 1. The standard InChI is InChI=1S/C14H26N2O3/c1-11(2)8-16-13(17)9-15-12-3-5-19-14(7-12)4-6-18-10-14/h11-12,15H,3-10H2,1-2H3,(H,16,17). The SMILES string of the molecule is CC(C)CNC(=O)CNC1CCOC2(CCOC2)C1. The lowest BCUT2D eigenvalue weighted by molar-refractivity contribution is -0.121. The lowest BCUT2D eigenvalue weighted by atomic mass is 9.90. The molecule has 2 unspecified atom stereocenters. The van der Waals surface area contributed by atoms with Gasteiger partial charge in [-0.05, 0) is 18.8 Å². The zero-order chi connectivity index (χ0) is 13.7. The van der Waals surface area contributed by atoms with Crippen LogP contribution in [0.15, 0.2) is 0 Å². The Bertz CT molecular complexity index is 301. The molecule has 0 aromatic carbocycles. The van der Waals surface area contributed by atoms with Crippen LogP contribution in [-0.2, 0) is 14.3 Å². The Morgan fingerprint density at radius 2 is 2.26 bits per heavy atom. The Labute approximate surface area is 115 Å². The van der Waals surface area contributed by atoms with Gasteiger partial charge in [-0.25, -0.2) is 0 Å². The van der Waals surface area contributed by atoms with Gasteiger partial charge >= 0.3 is 0 Å². The van der Waals surface area contributed by atoms with E-state index in [-0.39, 0.29) is 11.5 Å². The topological polar surface area (TPSA) is 59.6 Å². The Morgan fingerprint density at radius 3 is 2.95 bits per heavy atom. The normalized spacial score (nSPS) is 31.0. The minimum absolute atomic E-state index is 0.0805. The van der Waals surface area contributed by atoms with Gasteiger partial charge in [0.05, 0.1) is 18.8 Å². The first-order valence-electron chi connectivity index (χ1n) is 7.31. The summed E-state index contributed by atoms with van der Waals surface area (Å²) >= 11 is 0. The molecule has 0 radical (unpaired) electrons. The fourth-order valence-corrected chi connectivity index (χ4v) is 2.68. The summed E-state index contributed by atoms with van der Waals surface area (Å²) in [6.45, 7) is 7.58. The molecule has 0 aliphatic carbocycles. The number of rotatable bonds is 5. The van der Waals surface area contributed by atoms with Crippen molar-refractivity contribution in [2.24, 2.45) is 5.92 Å². The van der Waals surface area contributed by atoms with E-state index in [1.54, 1.807) is 0 Å². The first kappa shape index (κ1) is 14.8. The number of nitrogens with one attached hydrogen (secondary N) is 2. The first-order chi connectivity index (χ1) is 9.10. The Morgan fingerprint density at radius 1 is 1.42 bits per heavy atom. The predicted octanol–water partition coefficient (Wildman–Crippen LogP) is 0.686. The number of amides is 1. The van der Waals surface area contributed by atoms with Crippen molar-refractivity contribution in [2.75, 3.05) is 32.9 Å². The molecule has 110 valence electrons. The molecule has 2 atom stereocenters. The van der Waals surface area contributed by atoms with E-state index in [4.69, 9.17) is 9.47 Å². The molecule has 2 rings (SSSR count). The Balaban J connectivity index is 1.69. The summed E-state index contributed by atoms with van der Waals surface area (Å²) < 4.78 is 11.3. The summed E-state index contributed by atoms with van der Waals surface area (Å²) in [6.07, 6.45) is 2.90. The second kappa shape index (κ2) is 6.68. The molecule has 2 heterocycles. The maximum atomic E-state index is 11.7. The number of carbonyl (C=O) groups is 1. The fourth-order valence-electron chi connectivity index (χ4n) is 2.68. The van der Waals surface area contributed by atoms with Crippen LogP contribution in [0.2, 0.25) is 0 Å². The summed E-state index contributed by atoms with van der Waals surface area (Å²) in [4.78, 5) is 11.7. The van der Waals surface area contributed by atoms with Gasteiger partial charge in [0.2, 0.25) is 5.91 Å². The quantitative estimate of drug-likeness (QED) is 0.771. The maximum absolute atomic E-state index is 11.7. The van der Waals surface area contributed by atoms with Gasteiger partial charge in [0.1, 0.15) is 0 Å². The van der Waals surface area contributed by atoms with E-state index in [1.807, 2.05) is 0 Å². The third kappa shape index (κ3) is 4.44. The minimum Gasteiger partial charge on any atom is -0.378 e. The minimum atomic E-state index is -0.0929. The van der Waals surface area contributed by atoms with Crippen molar-refractivity contribution in [1.82, 2.24) is 10.6 Å². The molecule has 0 saturated carbocycles. The lowest BCUT2D eigenvalue weighted by Crippen LogP contribution is -2.49. The van der Waals surface area contributed by atoms with Gasteiger partial charge in [-0.3, -0.25) is 4.79 Å². The summed E-state index contributed by atoms with van der Waals surface area (Å²) in [5.41, 5.74) is -0.0929. The van der Waals surface area contributed by atoms with Crippen molar-refractivity contribution in [3.8, 4) is 0 Å². The maximum Gasteiger partial charge on any atom is 0.233 e. The van der Waals surface area contributed by atoms with Crippen molar-refractivity contribution in [1.29, 1.82) is 0 Å². The molecule has 2 aliphatic rings. The molecule has 1 spiro atoms. The van der Waals surface area contributed by atoms with E-state index in [9.17, 15) is 4.79 Å². The molecule has 1 amide bonds. The highest BCUT2D eigenvalue weighted by Crippen LogP contribution is 2.32. The number of hydrogen-bond acceptors (Lipinski definition) is 4. The summed E-state index contributed by atoms with van der Waals surface area (Å²) in [6, 6.07) is 0.361. The van der Waals surface area contributed by atoms with Crippen LogP contribution in [0.4, 0.5) is 0 Å². The number of hydrogen-bond donors (Lipinski definition) is 2. The zero-order valence-electron chi connectivity index (χ0n) is 12.0. The molecule has 0 aromatic rings. The molecule has 5 heteroatoms. The van der Waals surface area contributed by atoms with E-state index < -0.39 is 0 Å². The van der Waals surface area contributed by atoms with Gasteiger partial charge in [0.25, 0.3) is 0 Å². The summed E-state index contributed by atoms with van der Waals surface area (Å²) in [7, 11) is 0. The van der Waals surface area contributed by atoms with Gasteiger partial charge in [-0.2, -0.15) is 0 Å². The number of ether oxygens (including phenoxy) is 2. The molecular formula is C14H26N2O3. The molecule has 2 aliphatic heterocycles. The van der Waals surface area contributed by atoms with E-state index in [1.165, 1.54) is 0 Å². The largest absolute Gasteiger partial charge is 0.378 e. The van der Waals surface area contributed by atoms with Gasteiger partial charge in [0, 0.05) is 32.2 Å². The van der Waals surface area contributed by atoms with Gasteiger partial charge < -0.3 is 20.1 Å². The third-order valence-electron chi connectivity index (χ3n) is 3.82. The van der Waals surface area contributed by atoms with Crippen LogP contribution in [-0.4, -0.2) is 50.5 Å². The summed E-state index contributed by atoms with van der Waals surface area (Å²) in [5.74, 6) is 0.572. The highest BCUT2D eigenvalue weighted by molar-refractivity contribution is 5.77. The molecule has 2 N–H and O–H groups in total. The van der Waals surface area contributed by atoms with E-state index in [0.29, 0.717) is 25.1 Å². The van der Waals surface area contributed by atoms with Crippen LogP contribution in [0.25, 0.3) is 0 Å². The van der Waals surface area contributed by atoms with E-state index in [2.05, 4.69) is 24.5 Å². The average molecular weight is 270 g/mol. The fraction of sp³-hybridized carbons (Fsp3) is 0.929. The van der Waals surface area contributed by atoms with Crippen molar-refractivity contribution in [2.45, 2.75) is 44.8 Å². The predicted molar refractivity (Wildman–Crippen MR) is 73.0 cm³/mol. The van der Waals surface area contributed by atoms with Crippen LogP contribution in [0.3, 0.4) is 0 Å². The second-order valence-corrected chi connectivity index (χ2v) is 6.10. The lowest BCUT2D eigenvalue weighted by Gasteiger charge is -2.37. The van der Waals surface area contributed by atoms with Crippen molar-refractivity contribution >= 4 is 5.91 Å². The van der Waals surface area contributed by atoms with E-state index >= 15 is 0 Å². The van der Waals surface area contributed by atoms with Crippen LogP contribution in [0.5, 0.6) is 0 Å². The Hall–Kier alpha value is -0.650. The molecule has 0 aromatic heterocycles. The third-order valence-corrected chi connectivity index (χ3v) is 3.82. The zero-order valence-corrected chi connectivity index (χ0v) is 12.0. The van der Waals surface area contributed by atoms with Crippen LogP contribution >= 0.6 is 0 Å². The van der Waals surface area contributed by atoms with E-state index in [0.717, 1.165) is 39.0 Å². The molecule has 0 bridgehead atoms. The summed E-state index contributed by atoms with van der Waals surface area (Å²) in [5, 5.41) is 6.27. The molecular weight excluding hydrogens is 244 g/mol. The molecule has 5 nitrogen and oxygen atoms in total. The van der Waals surface area contributed by atoms with Crippen molar-refractivity contribution in [3.63, 3.8) is 0 Å². The highest BCUT2D eigenvalue weighted by atomic mass is 16.6. The molecule has 2 saturated heterocycles. The van der Waals surface area contributed by atoms with Gasteiger partial charge in [-0.1, -0.05) is 13.8 Å². The molecule has 2 fully saturated rings. The molecule has 19 heavy (non-hydrogen) atoms. The average Bonchev–Trinajstić information content (AvgIpc) is 2.82. The van der Waals surface area contributed by atoms with Crippen LogP contribution in [0, 0.1) is 5.92 Å². The second-order valence-electron chi connectivity index (χ2n) is 6.10. The van der Waals surface area contributed by atoms with Gasteiger partial charge in [-0.15, -0.1) is 0 Å². The van der Waals surface area contributed by atoms with Gasteiger partial charge in [0.15, 0.2) is 0 Å². The monoisotopic (exact) mass is 270 g/mol. The van der Waals surface area contributed by atoms with Crippen molar-refractivity contribution < 1.29 is 14.3 Å². The smallest absolute Gasteiger partial charge is 0.233 e. The van der Waals surface area contributed by atoms with Crippen LogP contribution < -0.4 is 10.6 Å².